The lowest BCUT2D eigenvalue weighted by Crippen LogP contribution is -2.29. The average molecular weight is 229 g/mol. The van der Waals surface area contributed by atoms with Crippen LogP contribution in [0.2, 0.25) is 0 Å². The number of nitrogens with one attached hydrogen (secondary N) is 1. The summed E-state index contributed by atoms with van der Waals surface area (Å²) >= 11 is 0. The summed E-state index contributed by atoms with van der Waals surface area (Å²) < 4.78 is 5.40. The van der Waals surface area contributed by atoms with Crippen LogP contribution in [0.1, 0.15) is 30.4 Å². The molecule has 17 heavy (non-hydrogen) atoms. The van der Waals surface area contributed by atoms with E-state index in [1.54, 1.807) is 7.11 Å². The van der Waals surface area contributed by atoms with Gasteiger partial charge in [-0.25, -0.2) is 0 Å². The molecule has 3 nitrogen and oxygen atoms in total. The van der Waals surface area contributed by atoms with E-state index in [-0.39, 0.29) is 5.91 Å². The Balaban J connectivity index is 2.12. The molecule has 0 spiro atoms. The van der Waals surface area contributed by atoms with Crippen LogP contribution >= 0.6 is 0 Å². The van der Waals surface area contributed by atoms with E-state index in [2.05, 4.69) is 11.4 Å². The first-order valence-electron chi connectivity index (χ1n) is 5.97. The van der Waals surface area contributed by atoms with E-state index >= 15 is 0 Å². The van der Waals surface area contributed by atoms with E-state index in [0.29, 0.717) is 6.42 Å². The van der Waals surface area contributed by atoms with E-state index in [0.717, 1.165) is 30.7 Å². The maximum atomic E-state index is 11.4. The lowest BCUT2D eigenvalue weighted by molar-refractivity contribution is -0.120. The molecule has 0 aromatic heterocycles. The van der Waals surface area contributed by atoms with Crippen LogP contribution in [0.3, 0.4) is 0 Å². The number of hydrogen-bond acceptors (Lipinski definition) is 2. The molecule has 1 aliphatic heterocycles. The summed E-state index contributed by atoms with van der Waals surface area (Å²) in [6, 6.07) is 6.15. The fourth-order valence-electron chi connectivity index (χ4n) is 2.75. The number of ether oxygens (including phenoxy) is 1. The van der Waals surface area contributed by atoms with Crippen LogP contribution in [-0.2, 0) is 11.2 Å². The largest absolute Gasteiger partial charge is 0.496 e. The standard InChI is InChI=1S/C14H15NO2/c1-17-13-4-2-3-9-10-6-8-14(16)15-12(10)7-5-11(9)13/h2-4H,5-8H2,1H3,(H,15,16). The second kappa shape index (κ2) is 3.91. The Bertz CT molecular complexity index is 517. The van der Waals surface area contributed by atoms with Crippen molar-refractivity contribution in [2.24, 2.45) is 0 Å². The number of allylic oxidation sites excluding steroid dienone is 2. The maximum Gasteiger partial charge on any atom is 0.224 e. The van der Waals surface area contributed by atoms with Crippen LogP contribution in [0, 0.1) is 0 Å². The van der Waals surface area contributed by atoms with Crippen molar-refractivity contribution >= 4 is 11.5 Å². The topological polar surface area (TPSA) is 38.3 Å². The summed E-state index contributed by atoms with van der Waals surface area (Å²) in [6.07, 6.45) is 3.30. The number of rotatable bonds is 1. The molecule has 2 aliphatic rings. The van der Waals surface area contributed by atoms with Crippen molar-refractivity contribution in [1.82, 2.24) is 5.32 Å². The zero-order valence-corrected chi connectivity index (χ0v) is 9.88. The van der Waals surface area contributed by atoms with Gasteiger partial charge in [0.15, 0.2) is 0 Å². The Hall–Kier alpha value is -1.77. The third-order valence-electron chi connectivity index (χ3n) is 3.56. The minimum Gasteiger partial charge on any atom is -0.496 e. The molecule has 0 unspecified atom stereocenters. The van der Waals surface area contributed by atoms with Crippen LogP contribution in [0.5, 0.6) is 5.75 Å². The van der Waals surface area contributed by atoms with Gasteiger partial charge in [0.1, 0.15) is 5.75 Å². The Morgan fingerprint density at radius 1 is 1.18 bits per heavy atom. The molecule has 1 aromatic carbocycles. The van der Waals surface area contributed by atoms with Crippen molar-refractivity contribution < 1.29 is 9.53 Å². The highest BCUT2D eigenvalue weighted by Crippen LogP contribution is 2.38. The Morgan fingerprint density at radius 3 is 2.88 bits per heavy atom. The Labute approximate surface area is 100 Å². The molecule has 1 aliphatic carbocycles. The lowest BCUT2D eigenvalue weighted by Gasteiger charge is -2.28. The first kappa shape index (κ1) is 10.4. The highest BCUT2D eigenvalue weighted by atomic mass is 16.5. The van der Waals surface area contributed by atoms with Gasteiger partial charge in [-0.3, -0.25) is 4.79 Å². The van der Waals surface area contributed by atoms with E-state index < -0.39 is 0 Å². The molecule has 0 fully saturated rings. The highest BCUT2D eigenvalue weighted by Gasteiger charge is 2.25. The number of methoxy groups -OCH3 is 1. The van der Waals surface area contributed by atoms with Crippen molar-refractivity contribution in [2.45, 2.75) is 25.7 Å². The van der Waals surface area contributed by atoms with Gasteiger partial charge in [0.2, 0.25) is 5.91 Å². The van der Waals surface area contributed by atoms with Gasteiger partial charge in [-0.15, -0.1) is 0 Å². The van der Waals surface area contributed by atoms with E-state index in [1.165, 1.54) is 16.7 Å². The van der Waals surface area contributed by atoms with Crippen LogP contribution in [0.15, 0.2) is 23.9 Å². The lowest BCUT2D eigenvalue weighted by atomic mass is 9.84. The molecular weight excluding hydrogens is 214 g/mol. The minimum absolute atomic E-state index is 0.148. The normalized spacial score (nSPS) is 18.3. The number of benzene rings is 1. The SMILES string of the molecule is COc1cccc2c1CCC1=C2CCC(=O)N1. The van der Waals surface area contributed by atoms with Gasteiger partial charge in [-0.2, -0.15) is 0 Å². The van der Waals surface area contributed by atoms with Crippen LogP contribution < -0.4 is 10.1 Å². The van der Waals surface area contributed by atoms with Gasteiger partial charge in [-0.05, 0) is 36.5 Å². The van der Waals surface area contributed by atoms with Gasteiger partial charge in [0.05, 0.1) is 7.11 Å². The van der Waals surface area contributed by atoms with E-state index in [1.807, 2.05) is 12.1 Å². The van der Waals surface area contributed by atoms with Crippen LogP contribution in [-0.4, -0.2) is 13.0 Å². The number of carbonyl (C=O) groups is 1. The van der Waals surface area contributed by atoms with Gasteiger partial charge in [0.25, 0.3) is 0 Å². The predicted molar refractivity (Wildman–Crippen MR) is 65.6 cm³/mol. The zero-order chi connectivity index (χ0) is 11.8. The van der Waals surface area contributed by atoms with Crippen molar-refractivity contribution in [3.63, 3.8) is 0 Å². The van der Waals surface area contributed by atoms with E-state index in [9.17, 15) is 4.79 Å². The molecule has 1 heterocycles. The predicted octanol–water partition coefficient (Wildman–Crippen LogP) is 2.26. The molecule has 1 N–H and O–H groups in total. The Morgan fingerprint density at radius 2 is 2.06 bits per heavy atom. The smallest absolute Gasteiger partial charge is 0.224 e. The fourth-order valence-corrected chi connectivity index (χ4v) is 2.75. The summed E-state index contributed by atoms with van der Waals surface area (Å²) in [7, 11) is 1.71. The number of carbonyl (C=O) groups excluding carboxylic acids is 1. The molecule has 1 amide bonds. The summed E-state index contributed by atoms with van der Waals surface area (Å²) in [6.45, 7) is 0. The van der Waals surface area contributed by atoms with Crippen molar-refractivity contribution in [3.05, 3.63) is 35.0 Å². The van der Waals surface area contributed by atoms with Crippen LogP contribution in [0.25, 0.3) is 5.57 Å². The molecule has 88 valence electrons. The number of amides is 1. The Kier molecular flexibility index (Phi) is 2.39. The van der Waals surface area contributed by atoms with Crippen molar-refractivity contribution in [3.8, 4) is 5.75 Å². The quantitative estimate of drug-likeness (QED) is 0.802. The summed E-state index contributed by atoms with van der Waals surface area (Å²) in [4.78, 5) is 11.4. The average Bonchev–Trinajstić information content (AvgIpc) is 2.37. The molecular formula is C14H15NO2. The van der Waals surface area contributed by atoms with Gasteiger partial charge in [0, 0.05) is 17.7 Å². The molecule has 0 saturated heterocycles. The van der Waals surface area contributed by atoms with Crippen LogP contribution in [0.4, 0.5) is 0 Å². The molecule has 0 atom stereocenters. The monoisotopic (exact) mass is 229 g/mol. The second-order valence-electron chi connectivity index (χ2n) is 4.49. The minimum atomic E-state index is 0.148. The molecule has 1 aromatic rings. The van der Waals surface area contributed by atoms with Gasteiger partial charge >= 0.3 is 0 Å². The van der Waals surface area contributed by atoms with E-state index in [4.69, 9.17) is 4.74 Å². The third-order valence-corrected chi connectivity index (χ3v) is 3.56. The summed E-state index contributed by atoms with van der Waals surface area (Å²) in [5.74, 6) is 1.11. The first-order valence-corrected chi connectivity index (χ1v) is 5.97. The zero-order valence-electron chi connectivity index (χ0n) is 9.88. The molecule has 0 saturated carbocycles. The fraction of sp³-hybridized carbons (Fsp3) is 0.357. The summed E-state index contributed by atoms with van der Waals surface area (Å²) in [5, 5.41) is 3.00. The van der Waals surface area contributed by atoms with Gasteiger partial charge < -0.3 is 10.1 Å². The second-order valence-corrected chi connectivity index (χ2v) is 4.49. The molecule has 3 heteroatoms. The van der Waals surface area contributed by atoms with Crippen molar-refractivity contribution in [2.75, 3.05) is 7.11 Å². The molecule has 3 rings (SSSR count). The first-order chi connectivity index (χ1) is 8.29. The molecule has 0 bridgehead atoms. The molecule has 0 radical (unpaired) electrons. The highest BCUT2D eigenvalue weighted by molar-refractivity contribution is 5.88. The number of hydrogen-bond donors (Lipinski definition) is 1. The summed E-state index contributed by atoms with van der Waals surface area (Å²) in [5.41, 5.74) is 4.95. The van der Waals surface area contributed by atoms with Crippen molar-refractivity contribution in [1.29, 1.82) is 0 Å². The maximum absolute atomic E-state index is 11.4. The number of fused-ring (bicyclic) bond motifs is 2. The van der Waals surface area contributed by atoms with Gasteiger partial charge in [-0.1, -0.05) is 12.1 Å². The third kappa shape index (κ3) is 1.62.